The summed E-state index contributed by atoms with van der Waals surface area (Å²) in [7, 11) is 0. The molecular formula is C13H22N2. The first-order valence-corrected chi connectivity index (χ1v) is 5.59. The van der Waals surface area contributed by atoms with Crippen LogP contribution in [0.3, 0.4) is 0 Å². The molecule has 2 nitrogen and oxygen atoms in total. The third-order valence-corrected chi connectivity index (χ3v) is 2.70. The van der Waals surface area contributed by atoms with Gasteiger partial charge in [0, 0.05) is 6.54 Å². The smallest absolute Gasteiger partial charge is 0.0205 e. The molecule has 1 aromatic carbocycles. The van der Waals surface area contributed by atoms with Crippen LogP contribution in [0.1, 0.15) is 25.8 Å². The van der Waals surface area contributed by atoms with Crippen molar-refractivity contribution in [2.75, 3.05) is 13.1 Å². The van der Waals surface area contributed by atoms with Gasteiger partial charge in [-0.25, -0.2) is 0 Å². The Kier molecular flexibility index (Phi) is 4.79. The molecule has 0 atom stereocenters. The minimum absolute atomic E-state index is 0.254. The minimum atomic E-state index is 0.254. The highest BCUT2D eigenvalue weighted by molar-refractivity contribution is 5.14. The number of nitrogens with two attached hydrogens (primary N) is 1. The van der Waals surface area contributed by atoms with Crippen molar-refractivity contribution in [3.8, 4) is 0 Å². The van der Waals surface area contributed by atoms with Crippen molar-refractivity contribution in [2.24, 2.45) is 11.1 Å². The first-order valence-electron chi connectivity index (χ1n) is 5.59. The second-order valence-electron chi connectivity index (χ2n) is 4.78. The normalized spacial score (nSPS) is 11.7. The highest BCUT2D eigenvalue weighted by Crippen LogP contribution is 2.16. The van der Waals surface area contributed by atoms with Crippen molar-refractivity contribution in [3.05, 3.63) is 35.9 Å². The van der Waals surface area contributed by atoms with Crippen molar-refractivity contribution >= 4 is 0 Å². The number of hydrogen-bond acceptors (Lipinski definition) is 2. The number of hydrogen-bond donors (Lipinski definition) is 2. The Hall–Kier alpha value is -0.860. The van der Waals surface area contributed by atoms with E-state index >= 15 is 0 Å². The summed E-state index contributed by atoms with van der Waals surface area (Å²) in [6.45, 7) is 7.13. The van der Waals surface area contributed by atoms with Crippen molar-refractivity contribution in [2.45, 2.75) is 26.8 Å². The second-order valence-corrected chi connectivity index (χ2v) is 4.78. The molecule has 0 fully saturated rings. The van der Waals surface area contributed by atoms with Crippen LogP contribution in [-0.4, -0.2) is 13.1 Å². The van der Waals surface area contributed by atoms with Crippen LogP contribution in [0.2, 0.25) is 0 Å². The molecule has 0 radical (unpaired) electrons. The summed E-state index contributed by atoms with van der Waals surface area (Å²) in [5.74, 6) is 0. The fraction of sp³-hybridized carbons (Fsp3) is 0.538. The lowest BCUT2D eigenvalue weighted by Gasteiger charge is -2.22. The standard InChI is InChI=1S/C13H22N2/c1-13(2,11-14)8-9-15-10-12-6-4-3-5-7-12/h3-7,15H,8-11,14H2,1-2H3. The molecule has 0 aliphatic heterocycles. The molecule has 0 saturated carbocycles. The van der Waals surface area contributed by atoms with Gasteiger partial charge in [-0.3, -0.25) is 0 Å². The monoisotopic (exact) mass is 206 g/mol. The van der Waals surface area contributed by atoms with Crippen LogP contribution < -0.4 is 11.1 Å². The van der Waals surface area contributed by atoms with E-state index in [4.69, 9.17) is 5.73 Å². The van der Waals surface area contributed by atoms with E-state index in [-0.39, 0.29) is 5.41 Å². The van der Waals surface area contributed by atoms with E-state index in [0.29, 0.717) is 0 Å². The van der Waals surface area contributed by atoms with Gasteiger partial charge in [-0.05, 0) is 30.5 Å². The molecule has 84 valence electrons. The zero-order valence-electron chi connectivity index (χ0n) is 9.79. The van der Waals surface area contributed by atoms with Gasteiger partial charge in [0.25, 0.3) is 0 Å². The molecule has 0 spiro atoms. The molecular weight excluding hydrogens is 184 g/mol. The van der Waals surface area contributed by atoms with Crippen LogP contribution >= 0.6 is 0 Å². The van der Waals surface area contributed by atoms with Crippen molar-refractivity contribution in [1.29, 1.82) is 0 Å². The molecule has 15 heavy (non-hydrogen) atoms. The molecule has 3 N–H and O–H groups in total. The van der Waals surface area contributed by atoms with Crippen molar-refractivity contribution in [1.82, 2.24) is 5.32 Å². The van der Waals surface area contributed by atoms with E-state index < -0.39 is 0 Å². The Morgan fingerprint density at radius 3 is 2.47 bits per heavy atom. The third kappa shape index (κ3) is 4.96. The maximum absolute atomic E-state index is 5.67. The van der Waals surface area contributed by atoms with Gasteiger partial charge in [-0.2, -0.15) is 0 Å². The maximum atomic E-state index is 5.67. The van der Waals surface area contributed by atoms with Crippen LogP contribution in [-0.2, 0) is 6.54 Å². The van der Waals surface area contributed by atoms with Gasteiger partial charge in [0.05, 0.1) is 0 Å². The zero-order chi connectivity index (χ0) is 11.1. The van der Waals surface area contributed by atoms with Crippen LogP contribution in [0.5, 0.6) is 0 Å². The molecule has 0 saturated heterocycles. The Morgan fingerprint density at radius 1 is 1.20 bits per heavy atom. The van der Waals surface area contributed by atoms with Crippen molar-refractivity contribution in [3.63, 3.8) is 0 Å². The Balaban J connectivity index is 2.18. The minimum Gasteiger partial charge on any atom is -0.330 e. The first-order chi connectivity index (χ1) is 7.14. The van der Waals surface area contributed by atoms with E-state index in [0.717, 1.165) is 26.1 Å². The predicted octanol–water partition coefficient (Wildman–Crippen LogP) is 2.15. The highest BCUT2D eigenvalue weighted by atomic mass is 14.8. The summed E-state index contributed by atoms with van der Waals surface area (Å²) in [5, 5.41) is 3.44. The lowest BCUT2D eigenvalue weighted by Crippen LogP contribution is -2.28. The SMILES string of the molecule is CC(C)(CN)CCNCc1ccccc1. The molecule has 0 bridgehead atoms. The largest absolute Gasteiger partial charge is 0.330 e. The third-order valence-electron chi connectivity index (χ3n) is 2.70. The predicted molar refractivity (Wildman–Crippen MR) is 65.6 cm³/mol. The van der Waals surface area contributed by atoms with Gasteiger partial charge in [-0.15, -0.1) is 0 Å². The molecule has 0 aromatic heterocycles. The van der Waals surface area contributed by atoms with E-state index in [1.165, 1.54) is 5.56 Å². The van der Waals surface area contributed by atoms with Gasteiger partial charge in [0.15, 0.2) is 0 Å². The summed E-state index contributed by atoms with van der Waals surface area (Å²) < 4.78 is 0. The zero-order valence-corrected chi connectivity index (χ0v) is 9.79. The topological polar surface area (TPSA) is 38.0 Å². The lowest BCUT2D eigenvalue weighted by molar-refractivity contribution is 0.339. The van der Waals surface area contributed by atoms with Crippen LogP contribution in [0.4, 0.5) is 0 Å². The summed E-state index contributed by atoms with van der Waals surface area (Å²) in [5.41, 5.74) is 7.26. The molecule has 0 amide bonds. The van der Waals surface area contributed by atoms with Crippen molar-refractivity contribution < 1.29 is 0 Å². The van der Waals surface area contributed by atoms with Gasteiger partial charge in [-0.1, -0.05) is 44.2 Å². The molecule has 0 aliphatic carbocycles. The molecule has 1 rings (SSSR count). The van der Waals surface area contributed by atoms with E-state index in [2.05, 4.69) is 43.4 Å². The summed E-state index contributed by atoms with van der Waals surface area (Å²) in [6, 6.07) is 10.5. The summed E-state index contributed by atoms with van der Waals surface area (Å²) in [4.78, 5) is 0. The van der Waals surface area contributed by atoms with E-state index in [9.17, 15) is 0 Å². The second kappa shape index (κ2) is 5.89. The average molecular weight is 206 g/mol. The number of benzene rings is 1. The van der Waals surface area contributed by atoms with Crippen LogP contribution in [0.25, 0.3) is 0 Å². The van der Waals surface area contributed by atoms with Gasteiger partial charge >= 0.3 is 0 Å². The van der Waals surface area contributed by atoms with Crippen LogP contribution in [0.15, 0.2) is 30.3 Å². The molecule has 0 aliphatic rings. The lowest BCUT2D eigenvalue weighted by atomic mass is 9.90. The number of nitrogens with one attached hydrogen (secondary N) is 1. The molecule has 2 heteroatoms. The molecule has 1 aromatic rings. The summed E-state index contributed by atoms with van der Waals surface area (Å²) >= 11 is 0. The van der Waals surface area contributed by atoms with Crippen LogP contribution in [0, 0.1) is 5.41 Å². The molecule has 0 heterocycles. The average Bonchev–Trinajstić information content (AvgIpc) is 2.26. The van der Waals surface area contributed by atoms with Gasteiger partial charge < -0.3 is 11.1 Å². The quantitative estimate of drug-likeness (QED) is 0.700. The van der Waals surface area contributed by atoms with Gasteiger partial charge in [0.1, 0.15) is 0 Å². The Morgan fingerprint density at radius 2 is 1.87 bits per heavy atom. The Labute approximate surface area is 92.9 Å². The fourth-order valence-corrected chi connectivity index (χ4v) is 1.36. The highest BCUT2D eigenvalue weighted by Gasteiger charge is 2.13. The maximum Gasteiger partial charge on any atom is 0.0205 e. The number of rotatable bonds is 6. The van der Waals surface area contributed by atoms with Gasteiger partial charge in [0.2, 0.25) is 0 Å². The summed E-state index contributed by atoms with van der Waals surface area (Å²) in [6.07, 6.45) is 1.12. The fourth-order valence-electron chi connectivity index (χ4n) is 1.36. The molecule has 0 unspecified atom stereocenters. The first kappa shape index (κ1) is 12.2. The van der Waals surface area contributed by atoms with E-state index in [1.807, 2.05) is 6.07 Å². The van der Waals surface area contributed by atoms with E-state index in [1.54, 1.807) is 0 Å². The Bertz CT molecular complexity index is 267.